The van der Waals surface area contributed by atoms with Crippen molar-refractivity contribution in [3.63, 3.8) is 0 Å². The molecular formula is C15H24O5. The van der Waals surface area contributed by atoms with Crippen LogP contribution < -0.4 is 0 Å². The van der Waals surface area contributed by atoms with Gasteiger partial charge >= 0.3 is 0 Å². The van der Waals surface area contributed by atoms with Crippen LogP contribution in [-0.4, -0.2) is 60.6 Å². The smallest absolute Gasteiger partial charge is 0.101 e. The highest BCUT2D eigenvalue weighted by Crippen LogP contribution is 2.02. The zero-order valence-electron chi connectivity index (χ0n) is 11.6. The summed E-state index contributed by atoms with van der Waals surface area (Å²) in [5.41, 5.74) is 1.28. The summed E-state index contributed by atoms with van der Waals surface area (Å²) in [5, 5.41) is 27.2. The number of hydrogen-bond acceptors (Lipinski definition) is 5. The van der Waals surface area contributed by atoms with Crippen molar-refractivity contribution in [2.45, 2.75) is 25.0 Å². The largest absolute Gasteiger partial charge is 0.394 e. The third-order valence-corrected chi connectivity index (χ3v) is 2.74. The van der Waals surface area contributed by atoms with E-state index in [1.165, 1.54) is 5.56 Å². The maximum atomic E-state index is 9.56. The van der Waals surface area contributed by atoms with E-state index in [9.17, 15) is 5.11 Å². The molecule has 0 saturated heterocycles. The molecule has 0 radical (unpaired) electrons. The van der Waals surface area contributed by atoms with Crippen LogP contribution in [0, 0.1) is 0 Å². The maximum Gasteiger partial charge on any atom is 0.101 e. The molecule has 0 heterocycles. The summed E-state index contributed by atoms with van der Waals surface area (Å²) < 4.78 is 10.4. The van der Waals surface area contributed by atoms with Crippen molar-refractivity contribution in [2.24, 2.45) is 0 Å². The van der Waals surface area contributed by atoms with Gasteiger partial charge in [-0.05, 0) is 18.4 Å². The first-order valence-corrected chi connectivity index (χ1v) is 6.88. The Morgan fingerprint density at radius 1 is 0.900 bits per heavy atom. The Labute approximate surface area is 119 Å². The van der Waals surface area contributed by atoms with Gasteiger partial charge < -0.3 is 24.8 Å². The first-order valence-electron chi connectivity index (χ1n) is 6.88. The molecule has 5 heteroatoms. The third kappa shape index (κ3) is 8.24. The Morgan fingerprint density at radius 2 is 1.55 bits per heavy atom. The van der Waals surface area contributed by atoms with Gasteiger partial charge in [0, 0.05) is 6.61 Å². The molecule has 20 heavy (non-hydrogen) atoms. The molecular weight excluding hydrogens is 260 g/mol. The predicted molar refractivity (Wildman–Crippen MR) is 75.5 cm³/mol. The average molecular weight is 284 g/mol. The van der Waals surface area contributed by atoms with Crippen molar-refractivity contribution in [3.8, 4) is 0 Å². The molecule has 0 bridgehead atoms. The number of benzene rings is 1. The number of aliphatic hydroxyl groups is 3. The second-order valence-electron chi connectivity index (χ2n) is 4.69. The molecule has 0 saturated carbocycles. The first-order chi connectivity index (χ1) is 9.72. The highest BCUT2D eigenvalue weighted by Gasteiger charge is 2.07. The van der Waals surface area contributed by atoms with Gasteiger partial charge in [0.2, 0.25) is 0 Å². The summed E-state index contributed by atoms with van der Waals surface area (Å²) in [4.78, 5) is 0. The van der Waals surface area contributed by atoms with Gasteiger partial charge in [-0.1, -0.05) is 30.3 Å². The molecule has 0 aliphatic heterocycles. The number of hydrogen-bond donors (Lipinski definition) is 3. The van der Waals surface area contributed by atoms with E-state index in [-0.39, 0.29) is 26.4 Å². The standard InChI is InChI=1S/C15H24O5/c16-9-14(17)10-20-12-15(18)11-19-8-4-7-13-5-2-1-3-6-13/h1-3,5-6,14-18H,4,7-12H2. The van der Waals surface area contributed by atoms with Gasteiger partial charge in [0.25, 0.3) is 0 Å². The molecule has 0 fully saturated rings. The molecule has 0 aliphatic rings. The van der Waals surface area contributed by atoms with Crippen LogP contribution in [-0.2, 0) is 15.9 Å². The van der Waals surface area contributed by atoms with Crippen LogP contribution in [0.5, 0.6) is 0 Å². The molecule has 1 aromatic carbocycles. The summed E-state index contributed by atoms with van der Waals surface area (Å²) in [6, 6.07) is 10.2. The van der Waals surface area contributed by atoms with Gasteiger partial charge in [-0.15, -0.1) is 0 Å². The molecule has 2 atom stereocenters. The summed E-state index contributed by atoms with van der Waals surface area (Å²) in [6.45, 7) is 0.568. The van der Waals surface area contributed by atoms with Gasteiger partial charge in [-0.3, -0.25) is 0 Å². The van der Waals surface area contributed by atoms with Gasteiger partial charge in [-0.2, -0.15) is 0 Å². The van der Waals surface area contributed by atoms with Crippen molar-refractivity contribution in [2.75, 3.05) is 33.0 Å². The molecule has 2 unspecified atom stereocenters. The van der Waals surface area contributed by atoms with E-state index >= 15 is 0 Å². The minimum absolute atomic E-state index is 0.0154. The molecule has 114 valence electrons. The normalized spacial score (nSPS) is 14.2. The first kappa shape index (κ1) is 17.1. The van der Waals surface area contributed by atoms with Crippen molar-refractivity contribution >= 4 is 0 Å². The Hall–Kier alpha value is -0.980. The molecule has 0 spiro atoms. The van der Waals surface area contributed by atoms with E-state index < -0.39 is 12.2 Å². The topological polar surface area (TPSA) is 79.2 Å². The summed E-state index contributed by atoms with van der Waals surface area (Å²) in [7, 11) is 0. The van der Waals surface area contributed by atoms with E-state index in [4.69, 9.17) is 19.7 Å². The Kier molecular flexibility index (Phi) is 9.19. The van der Waals surface area contributed by atoms with Crippen molar-refractivity contribution in [3.05, 3.63) is 35.9 Å². The van der Waals surface area contributed by atoms with Gasteiger partial charge in [0.1, 0.15) is 12.2 Å². The molecule has 1 aromatic rings. The Morgan fingerprint density at radius 3 is 2.25 bits per heavy atom. The summed E-state index contributed by atoms with van der Waals surface area (Å²) >= 11 is 0. The van der Waals surface area contributed by atoms with E-state index in [2.05, 4.69) is 12.1 Å². The molecule has 0 aromatic heterocycles. The fourth-order valence-electron chi connectivity index (χ4n) is 1.68. The van der Waals surface area contributed by atoms with Crippen LogP contribution in [0.1, 0.15) is 12.0 Å². The lowest BCUT2D eigenvalue weighted by atomic mass is 10.1. The highest BCUT2D eigenvalue weighted by atomic mass is 16.5. The van der Waals surface area contributed by atoms with Crippen LogP contribution in [0.15, 0.2) is 30.3 Å². The Bertz CT molecular complexity index is 330. The lowest BCUT2D eigenvalue weighted by Crippen LogP contribution is -2.26. The highest BCUT2D eigenvalue weighted by molar-refractivity contribution is 5.14. The summed E-state index contributed by atoms with van der Waals surface area (Å²) in [6.07, 6.45) is 0.253. The lowest BCUT2D eigenvalue weighted by Gasteiger charge is -2.13. The van der Waals surface area contributed by atoms with Crippen molar-refractivity contribution in [1.29, 1.82) is 0 Å². The van der Waals surface area contributed by atoms with Crippen LogP contribution in [0.3, 0.4) is 0 Å². The minimum Gasteiger partial charge on any atom is -0.394 e. The number of ether oxygens (including phenoxy) is 2. The van der Waals surface area contributed by atoms with Crippen molar-refractivity contribution in [1.82, 2.24) is 0 Å². The van der Waals surface area contributed by atoms with Gasteiger partial charge in [0.15, 0.2) is 0 Å². The molecule has 0 aliphatic carbocycles. The zero-order chi connectivity index (χ0) is 14.6. The lowest BCUT2D eigenvalue weighted by molar-refractivity contribution is -0.0480. The van der Waals surface area contributed by atoms with Gasteiger partial charge in [0.05, 0.1) is 26.4 Å². The molecule has 0 amide bonds. The van der Waals surface area contributed by atoms with E-state index in [0.717, 1.165) is 12.8 Å². The third-order valence-electron chi connectivity index (χ3n) is 2.74. The van der Waals surface area contributed by atoms with Crippen molar-refractivity contribution < 1.29 is 24.8 Å². The van der Waals surface area contributed by atoms with E-state index in [0.29, 0.717) is 6.61 Å². The number of rotatable bonds is 11. The SMILES string of the molecule is OCC(O)COCC(O)COCCCc1ccccc1. The molecule has 1 rings (SSSR count). The molecule has 5 nitrogen and oxygen atoms in total. The fraction of sp³-hybridized carbons (Fsp3) is 0.600. The van der Waals surface area contributed by atoms with Crippen LogP contribution in [0.2, 0.25) is 0 Å². The van der Waals surface area contributed by atoms with E-state index in [1.54, 1.807) is 0 Å². The minimum atomic E-state index is -0.894. The van der Waals surface area contributed by atoms with Gasteiger partial charge in [-0.25, -0.2) is 0 Å². The monoisotopic (exact) mass is 284 g/mol. The summed E-state index contributed by atoms with van der Waals surface area (Å²) in [5.74, 6) is 0. The maximum absolute atomic E-state index is 9.56. The van der Waals surface area contributed by atoms with E-state index in [1.807, 2.05) is 18.2 Å². The number of aryl methyl sites for hydroxylation is 1. The second kappa shape index (κ2) is 10.8. The Balaban J connectivity index is 1.95. The fourth-order valence-corrected chi connectivity index (χ4v) is 1.68. The molecule has 3 N–H and O–H groups in total. The second-order valence-corrected chi connectivity index (χ2v) is 4.69. The average Bonchev–Trinajstić information content (AvgIpc) is 2.47. The number of aliphatic hydroxyl groups excluding tert-OH is 3. The van der Waals surface area contributed by atoms with Crippen LogP contribution in [0.4, 0.5) is 0 Å². The van der Waals surface area contributed by atoms with Crippen LogP contribution in [0.25, 0.3) is 0 Å². The zero-order valence-corrected chi connectivity index (χ0v) is 11.6. The quantitative estimate of drug-likeness (QED) is 0.512. The van der Waals surface area contributed by atoms with Crippen LogP contribution >= 0.6 is 0 Å². The predicted octanol–water partition coefficient (Wildman–Crippen LogP) is 0.366.